The Morgan fingerprint density at radius 3 is 2.37 bits per heavy atom. The number of aryl methyl sites for hydroxylation is 1. The highest BCUT2D eigenvalue weighted by Gasteiger charge is 2.40. The Hall–Kier alpha value is -1.02. The molecule has 1 fully saturated rings. The topological polar surface area (TPSA) is 3.24 Å². The molecule has 4 atom stereocenters. The number of nitrogens with zero attached hydrogens (tertiary/aromatic N) is 1. The fourth-order valence-electron chi connectivity index (χ4n) is 4.72. The monoisotopic (exact) mass is 403 g/mol. The molecule has 1 nitrogen and oxygen atoms in total. The lowest BCUT2D eigenvalue weighted by atomic mass is 9.62. The van der Waals surface area contributed by atoms with Crippen LogP contribution in [-0.2, 0) is 0 Å². The van der Waals surface area contributed by atoms with Gasteiger partial charge in [0.1, 0.15) is 0 Å². The van der Waals surface area contributed by atoms with E-state index in [1.807, 2.05) is 12.1 Å². The lowest BCUT2D eigenvalue weighted by molar-refractivity contribution is 0.143. The van der Waals surface area contributed by atoms with Crippen LogP contribution in [-0.4, -0.2) is 25.0 Å². The van der Waals surface area contributed by atoms with Gasteiger partial charge < -0.3 is 4.90 Å². The molecule has 0 N–H and O–H groups in total. The van der Waals surface area contributed by atoms with E-state index in [1.54, 1.807) is 0 Å². The van der Waals surface area contributed by atoms with Crippen molar-refractivity contribution in [2.45, 2.75) is 45.4 Å². The van der Waals surface area contributed by atoms with Crippen LogP contribution in [0.25, 0.3) is 0 Å². The van der Waals surface area contributed by atoms with Gasteiger partial charge in [-0.25, -0.2) is 0 Å². The minimum atomic E-state index is 0.450. The summed E-state index contributed by atoms with van der Waals surface area (Å²) in [5, 5.41) is 1.71. The Morgan fingerprint density at radius 1 is 1.04 bits per heavy atom. The Balaban J connectivity index is 2.05. The SMILES string of the molecule is CCN(C)CC1C(C)CCC(c2ccc(C)cc2Cl)C1c1ccc(Cl)cc1. The van der Waals surface area contributed by atoms with Gasteiger partial charge in [-0.2, -0.15) is 0 Å². The first-order valence-electron chi connectivity index (χ1n) is 10.1. The van der Waals surface area contributed by atoms with Crippen LogP contribution in [0.3, 0.4) is 0 Å². The standard InChI is InChI=1S/C24H31Cl2N/c1-5-27(4)15-22-17(3)7-13-21(20-12-6-16(2)14-23(20)26)24(22)18-8-10-19(25)11-9-18/h6,8-12,14,17,21-22,24H,5,7,13,15H2,1-4H3. The molecule has 0 saturated heterocycles. The third-order valence-corrected chi connectivity index (χ3v) is 7.01. The van der Waals surface area contributed by atoms with Crippen molar-refractivity contribution in [1.82, 2.24) is 4.90 Å². The molecule has 2 aromatic carbocycles. The summed E-state index contributed by atoms with van der Waals surface area (Å²) >= 11 is 12.9. The van der Waals surface area contributed by atoms with Crippen molar-refractivity contribution in [3.63, 3.8) is 0 Å². The van der Waals surface area contributed by atoms with E-state index in [0.717, 1.165) is 23.1 Å². The van der Waals surface area contributed by atoms with Crippen molar-refractivity contribution < 1.29 is 0 Å². The fourth-order valence-corrected chi connectivity index (χ4v) is 5.22. The predicted octanol–water partition coefficient (Wildman–Crippen LogP) is 7.17. The van der Waals surface area contributed by atoms with Gasteiger partial charge in [0, 0.05) is 16.6 Å². The molecule has 1 aliphatic carbocycles. The first kappa shape index (κ1) is 20.7. The van der Waals surface area contributed by atoms with Crippen LogP contribution < -0.4 is 0 Å². The molecule has 0 aromatic heterocycles. The summed E-state index contributed by atoms with van der Waals surface area (Å²) in [6.07, 6.45) is 2.44. The van der Waals surface area contributed by atoms with Crippen LogP contribution in [0, 0.1) is 18.8 Å². The van der Waals surface area contributed by atoms with E-state index in [9.17, 15) is 0 Å². The van der Waals surface area contributed by atoms with Crippen LogP contribution >= 0.6 is 23.2 Å². The first-order valence-corrected chi connectivity index (χ1v) is 10.9. The largest absolute Gasteiger partial charge is 0.306 e. The summed E-state index contributed by atoms with van der Waals surface area (Å²) in [4.78, 5) is 2.45. The molecule has 0 radical (unpaired) electrons. The van der Waals surface area contributed by atoms with E-state index in [-0.39, 0.29) is 0 Å². The molecular formula is C24H31Cl2N. The number of benzene rings is 2. The van der Waals surface area contributed by atoms with Gasteiger partial charge in [0.05, 0.1) is 0 Å². The van der Waals surface area contributed by atoms with Crippen molar-refractivity contribution in [3.8, 4) is 0 Å². The number of rotatable bonds is 5. The second-order valence-electron chi connectivity index (χ2n) is 8.28. The molecule has 0 amide bonds. The highest BCUT2D eigenvalue weighted by molar-refractivity contribution is 6.31. The lowest BCUT2D eigenvalue weighted by Crippen LogP contribution is -2.38. The first-order chi connectivity index (χ1) is 12.9. The second kappa shape index (κ2) is 8.99. The van der Waals surface area contributed by atoms with Crippen LogP contribution in [0.1, 0.15) is 55.2 Å². The van der Waals surface area contributed by atoms with Crippen molar-refractivity contribution >= 4 is 23.2 Å². The maximum absolute atomic E-state index is 6.73. The Labute approximate surface area is 174 Å². The lowest BCUT2D eigenvalue weighted by Gasteiger charge is -2.44. The van der Waals surface area contributed by atoms with Crippen LogP contribution in [0.15, 0.2) is 42.5 Å². The average molecular weight is 404 g/mol. The fraction of sp³-hybridized carbons (Fsp3) is 0.500. The minimum Gasteiger partial charge on any atom is -0.306 e. The summed E-state index contributed by atoms with van der Waals surface area (Å²) in [5.74, 6) is 2.21. The van der Waals surface area contributed by atoms with Gasteiger partial charge in [0.25, 0.3) is 0 Å². The van der Waals surface area contributed by atoms with Gasteiger partial charge in [0.15, 0.2) is 0 Å². The zero-order valence-electron chi connectivity index (χ0n) is 16.9. The van der Waals surface area contributed by atoms with Crippen LogP contribution in [0.5, 0.6) is 0 Å². The normalized spacial score (nSPS) is 25.7. The third-order valence-electron chi connectivity index (χ3n) is 6.43. The van der Waals surface area contributed by atoms with Gasteiger partial charge in [-0.1, -0.05) is 61.3 Å². The van der Waals surface area contributed by atoms with Gasteiger partial charge in [-0.15, -0.1) is 0 Å². The predicted molar refractivity (Wildman–Crippen MR) is 118 cm³/mol. The Morgan fingerprint density at radius 2 is 1.74 bits per heavy atom. The molecule has 0 heterocycles. The zero-order chi connectivity index (χ0) is 19.6. The van der Waals surface area contributed by atoms with E-state index in [1.165, 1.54) is 29.5 Å². The van der Waals surface area contributed by atoms with E-state index < -0.39 is 0 Å². The smallest absolute Gasteiger partial charge is 0.0443 e. The van der Waals surface area contributed by atoms with E-state index >= 15 is 0 Å². The molecule has 1 aliphatic rings. The van der Waals surface area contributed by atoms with Gasteiger partial charge in [-0.05, 0) is 91.9 Å². The van der Waals surface area contributed by atoms with Crippen LogP contribution in [0.2, 0.25) is 10.0 Å². The molecule has 0 spiro atoms. The highest BCUT2D eigenvalue weighted by atomic mass is 35.5. The van der Waals surface area contributed by atoms with Crippen molar-refractivity contribution in [2.75, 3.05) is 20.1 Å². The van der Waals surface area contributed by atoms with Crippen molar-refractivity contribution in [2.24, 2.45) is 11.8 Å². The number of hydrogen-bond donors (Lipinski definition) is 0. The highest BCUT2D eigenvalue weighted by Crippen LogP contribution is 2.51. The number of halogens is 2. The molecule has 4 unspecified atom stereocenters. The van der Waals surface area contributed by atoms with E-state index in [4.69, 9.17) is 23.2 Å². The van der Waals surface area contributed by atoms with Crippen LogP contribution in [0.4, 0.5) is 0 Å². The van der Waals surface area contributed by atoms with E-state index in [0.29, 0.717) is 23.7 Å². The summed E-state index contributed by atoms with van der Waals surface area (Å²) in [5.41, 5.74) is 3.92. The van der Waals surface area contributed by atoms with Gasteiger partial charge in [-0.3, -0.25) is 0 Å². The molecule has 3 heteroatoms. The summed E-state index contributed by atoms with van der Waals surface area (Å²) in [6.45, 7) is 8.95. The minimum absolute atomic E-state index is 0.450. The molecule has 3 rings (SSSR count). The maximum Gasteiger partial charge on any atom is 0.0443 e. The average Bonchev–Trinajstić information content (AvgIpc) is 2.64. The molecule has 0 aliphatic heterocycles. The Kier molecular flexibility index (Phi) is 6.89. The third kappa shape index (κ3) is 4.70. The molecule has 1 saturated carbocycles. The van der Waals surface area contributed by atoms with Gasteiger partial charge >= 0.3 is 0 Å². The molecule has 27 heavy (non-hydrogen) atoms. The maximum atomic E-state index is 6.73. The van der Waals surface area contributed by atoms with Crippen molar-refractivity contribution in [1.29, 1.82) is 0 Å². The second-order valence-corrected chi connectivity index (χ2v) is 9.13. The van der Waals surface area contributed by atoms with Gasteiger partial charge in [0.2, 0.25) is 0 Å². The molecule has 146 valence electrons. The summed E-state index contributed by atoms with van der Waals surface area (Å²) in [7, 11) is 2.23. The summed E-state index contributed by atoms with van der Waals surface area (Å²) < 4.78 is 0. The Bertz CT molecular complexity index is 755. The summed E-state index contributed by atoms with van der Waals surface area (Å²) in [6, 6.07) is 15.1. The van der Waals surface area contributed by atoms with Crippen molar-refractivity contribution in [3.05, 3.63) is 69.2 Å². The number of hydrogen-bond acceptors (Lipinski definition) is 1. The van der Waals surface area contributed by atoms with E-state index in [2.05, 4.69) is 63.1 Å². The quantitative estimate of drug-likeness (QED) is 0.511. The molecule has 2 aromatic rings. The molecular weight excluding hydrogens is 373 g/mol. The molecule has 0 bridgehead atoms. The zero-order valence-corrected chi connectivity index (χ0v) is 18.4.